The van der Waals surface area contributed by atoms with E-state index in [0.29, 0.717) is 39.0 Å². The fourth-order valence-corrected chi connectivity index (χ4v) is 2.23. The molecule has 1 aliphatic heterocycles. The van der Waals surface area contributed by atoms with E-state index in [9.17, 15) is 9.59 Å². The van der Waals surface area contributed by atoms with Crippen molar-refractivity contribution >= 4 is 11.9 Å². The van der Waals surface area contributed by atoms with Gasteiger partial charge in [0.25, 0.3) is 0 Å². The van der Waals surface area contributed by atoms with Gasteiger partial charge in [0, 0.05) is 33.2 Å². The maximum atomic E-state index is 12.0. The molecule has 0 aromatic carbocycles. The van der Waals surface area contributed by atoms with Gasteiger partial charge in [0.2, 0.25) is 5.91 Å². The van der Waals surface area contributed by atoms with E-state index in [0.717, 1.165) is 0 Å². The number of methoxy groups -OCH3 is 1. The Kier molecular flexibility index (Phi) is 5.14. The van der Waals surface area contributed by atoms with Gasteiger partial charge in [-0.1, -0.05) is 6.92 Å². The summed E-state index contributed by atoms with van der Waals surface area (Å²) in [5.41, 5.74) is -0.672. The third-order valence-electron chi connectivity index (χ3n) is 3.71. The normalized spacial score (nSPS) is 20.5. The highest BCUT2D eigenvalue weighted by Gasteiger charge is 2.37. The van der Waals surface area contributed by atoms with E-state index in [1.807, 2.05) is 6.92 Å². The Morgan fingerprint density at radius 1 is 1.39 bits per heavy atom. The zero-order valence-electron chi connectivity index (χ0n) is 11.4. The second kappa shape index (κ2) is 6.18. The minimum absolute atomic E-state index is 0.104. The molecule has 1 heterocycles. The second-order valence-electron chi connectivity index (χ2n) is 5.51. The van der Waals surface area contributed by atoms with Crippen molar-refractivity contribution in [2.45, 2.75) is 33.1 Å². The Morgan fingerprint density at radius 3 is 2.39 bits per heavy atom. The molecular weight excluding hydrogens is 234 g/mol. The monoisotopic (exact) mass is 257 g/mol. The Labute approximate surface area is 108 Å². The van der Waals surface area contributed by atoms with Crippen LogP contribution in [0.5, 0.6) is 0 Å². The molecular formula is C13H23NO4. The average molecular weight is 257 g/mol. The van der Waals surface area contributed by atoms with E-state index in [2.05, 4.69) is 0 Å². The van der Waals surface area contributed by atoms with Crippen LogP contribution in [0, 0.1) is 11.3 Å². The van der Waals surface area contributed by atoms with Gasteiger partial charge < -0.3 is 14.7 Å². The molecule has 0 aromatic rings. The Bertz CT molecular complexity index is 308. The fraction of sp³-hybridized carbons (Fsp3) is 0.846. The lowest BCUT2D eigenvalue weighted by molar-refractivity contribution is -0.153. The predicted molar refractivity (Wildman–Crippen MR) is 67.2 cm³/mol. The maximum Gasteiger partial charge on any atom is 0.309 e. The average Bonchev–Trinajstić information content (AvgIpc) is 2.29. The number of hydrogen-bond acceptors (Lipinski definition) is 3. The summed E-state index contributed by atoms with van der Waals surface area (Å²) >= 11 is 0. The summed E-state index contributed by atoms with van der Waals surface area (Å²) in [6.07, 6.45) is 1.54. The molecule has 1 N–H and O–H groups in total. The lowest BCUT2D eigenvalue weighted by Crippen LogP contribution is -2.45. The maximum absolute atomic E-state index is 12.0. The van der Waals surface area contributed by atoms with Crippen molar-refractivity contribution in [3.05, 3.63) is 0 Å². The van der Waals surface area contributed by atoms with Crippen molar-refractivity contribution in [2.75, 3.05) is 26.8 Å². The molecule has 104 valence electrons. The first-order chi connectivity index (χ1) is 8.39. The number of nitrogens with zero attached hydrogens (tertiary/aromatic N) is 1. The molecule has 1 aliphatic rings. The highest BCUT2D eigenvalue weighted by atomic mass is 16.5. The number of hydrogen-bond donors (Lipinski definition) is 1. The van der Waals surface area contributed by atoms with Crippen LogP contribution >= 0.6 is 0 Å². The van der Waals surface area contributed by atoms with E-state index in [4.69, 9.17) is 9.84 Å². The topological polar surface area (TPSA) is 66.8 Å². The summed E-state index contributed by atoms with van der Waals surface area (Å²) in [5, 5.41) is 9.12. The van der Waals surface area contributed by atoms with E-state index >= 15 is 0 Å². The van der Waals surface area contributed by atoms with Crippen LogP contribution in [0.25, 0.3) is 0 Å². The number of carbonyl (C=O) groups excluding carboxylic acids is 1. The van der Waals surface area contributed by atoms with Gasteiger partial charge in [-0.3, -0.25) is 9.59 Å². The van der Waals surface area contributed by atoms with Crippen LogP contribution < -0.4 is 0 Å². The number of likely N-dealkylation sites (tertiary alicyclic amines) is 1. The van der Waals surface area contributed by atoms with Gasteiger partial charge >= 0.3 is 5.97 Å². The van der Waals surface area contributed by atoms with Gasteiger partial charge in [0.1, 0.15) is 0 Å². The van der Waals surface area contributed by atoms with Crippen LogP contribution in [0.1, 0.15) is 33.1 Å². The van der Waals surface area contributed by atoms with E-state index < -0.39 is 11.4 Å². The van der Waals surface area contributed by atoms with Gasteiger partial charge in [-0.25, -0.2) is 0 Å². The standard InChI is InChI=1S/C13H23NO4/c1-10(9-18-3)8-11(15)14-6-4-13(2,5-7-14)12(16)17/h10H,4-9H2,1-3H3,(H,16,17). The van der Waals surface area contributed by atoms with E-state index in [-0.39, 0.29) is 11.8 Å². The predicted octanol–water partition coefficient (Wildman–Crippen LogP) is 1.37. The first-order valence-corrected chi connectivity index (χ1v) is 6.39. The van der Waals surface area contributed by atoms with Crippen LogP contribution in [0.15, 0.2) is 0 Å². The molecule has 1 saturated heterocycles. The number of piperidine rings is 1. The molecule has 5 nitrogen and oxygen atoms in total. The number of carboxylic acid groups (broad SMARTS) is 1. The van der Waals surface area contributed by atoms with Crippen molar-refractivity contribution in [1.82, 2.24) is 4.90 Å². The molecule has 0 saturated carbocycles. The van der Waals surface area contributed by atoms with Gasteiger partial charge in [-0.15, -0.1) is 0 Å². The molecule has 1 fully saturated rings. The summed E-state index contributed by atoms with van der Waals surface area (Å²) in [6, 6.07) is 0. The van der Waals surface area contributed by atoms with E-state index in [1.165, 1.54) is 0 Å². The first-order valence-electron chi connectivity index (χ1n) is 6.39. The van der Waals surface area contributed by atoms with Gasteiger partial charge in [-0.2, -0.15) is 0 Å². The zero-order valence-corrected chi connectivity index (χ0v) is 11.4. The molecule has 0 bridgehead atoms. The van der Waals surface area contributed by atoms with Crippen molar-refractivity contribution in [3.8, 4) is 0 Å². The quantitative estimate of drug-likeness (QED) is 0.808. The number of carboxylic acids is 1. The number of carbonyl (C=O) groups is 2. The van der Waals surface area contributed by atoms with Crippen molar-refractivity contribution in [3.63, 3.8) is 0 Å². The Morgan fingerprint density at radius 2 is 1.94 bits per heavy atom. The fourth-order valence-electron chi connectivity index (χ4n) is 2.23. The first kappa shape index (κ1) is 15.0. The van der Waals surface area contributed by atoms with Crippen molar-refractivity contribution in [2.24, 2.45) is 11.3 Å². The molecule has 0 aromatic heterocycles. The third-order valence-corrected chi connectivity index (χ3v) is 3.71. The van der Waals surface area contributed by atoms with Crippen molar-refractivity contribution in [1.29, 1.82) is 0 Å². The lowest BCUT2D eigenvalue weighted by atomic mass is 9.80. The molecule has 0 aliphatic carbocycles. The van der Waals surface area contributed by atoms with Crippen LogP contribution in [0.2, 0.25) is 0 Å². The zero-order chi connectivity index (χ0) is 13.8. The van der Waals surface area contributed by atoms with Crippen molar-refractivity contribution < 1.29 is 19.4 Å². The van der Waals surface area contributed by atoms with Crippen LogP contribution in [-0.4, -0.2) is 48.7 Å². The lowest BCUT2D eigenvalue weighted by Gasteiger charge is -2.36. The largest absolute Gasteiger partial charge is 0.481 e. The van der Waals surface area contributed by atoms with Gasteiger partial charge in [0.05, 0.1) is 5.41 Å². The Hall–Kier alpha value is -1.10. The molecule has 1 rings (SSSR count). The molecule has 0 radical (unpaired) electrons. The summed E-state index contributed by atoms with van der Waals surface area (Å²) in [7, 11) is 1.63. The van der Waals surface area contributed by atoms with Gasteiger partial charge in [0.15, 0.2) is 0 Å². The van der Waals surface area contributed by atoms with Crippen LogP contribution in [0.4, 0.5) is 0 Å². The highest BCUT2D eigenvalue weighted by molar-refractivity contribution is 5.78. The number of ether oxygens (including phenoxy) is 1. The molecule has 5 heteroatoms. The summed E-state index contributed by atoms with van der Waals surface area (Å²) in [6.45, 7) is 5.40. The van der Waals surface area contributed by atoms with E-state index in [1.54, 1.807) is 18.9 Å². The van der Waals surface area contributed by atoms with Gasteiger partial charge in [-0.05, 0) is 25.7 Å². The third kappa shape index (κ3) is 3.70. The number of amides is 1. The molecule has 18 heavy (non-hydrogen) atoms. The SMILES string of the molecule is COCC(C)CC(=O)N1CCC(C)(C(=O)O)CC1. The van der Waals surface area contributed by atoms with Crippen LogP contribution in [0.3, 0.4) is 0 Å². The highest BCUT2D eigenvalue weighted by Crippen LogP contribution is 2.31. The molecule has 1 unspecified atom stereocenters. The summed E-state index contributed by atoms with van der Waals surface area (Å²) < 4.78 is 5.01. The minimum atomic E-state index is -0.762. The molecule has 0 spiro atoms. The van der Waals surface area contributed by atoms with Crippen LogP contribution in [-0.2, 0) is 14.3 Å². The smallest absolute Gasteiger partial charge is 0.309 e. The molecule has 1 atom stereocenters. The summed E-state index contributed by atoms with van der Waals surface area (Å²) in [5.74, 6) is -0.454. The second-order valence-corrected chi connectivity index (χ2v) is 5.51. The summed E-state index contributed by atoms with van der Waals surface area (Å²) in [4.78, 5) is 24.9. The minimum Gasteiger partial charge on any atom is -0.481 e. The molecule has 1 amide bonds. The number of aliphatic carboxylic acids is 1. The Balaban J connectivity index is 2.43. The number of rotatable bonds is 5.